The van der Waals surface area contributed by atoms with Crippen molar-refractivity contribution in [2.24, 2.45) is 0 Å². The predicted molar refractivity (Wildman–Crippen MR) is 86.9 cm³/mol. The minimum atomic E-state index is -0.100. The molecule has 4 nitrogen and oxygen atoms in total. The largest absolute Gasteiger partial charge is 0.444 e. The number of halogens is 1. The lowest BCUT2D eigenvalue weighted by molar-refractivity contribution is 0.102. The lowest BCUT2D eigenvalue weighted by Crippen LogP contribution is -2.10. The van der Waals surface area contributed by atoms with Gasteiger partial charge in [-0.2, -0.15) is 0 Å². The number of amides is 1. The fourth-order valence-electron chi connectivity index (χ4n) is 1.71. The van der Waals surface area contributed by atoms with Crippen LogP contribution in [-0.4, -0.2) is 10.9 Å². The molecule has 0 saturated carbocycles. The molecule has 0 aliphatic heterocycles. The van der Waals surface area contributed by atoms with Gasteiger partial charge in [0, 0.05) is 16.6 Å². The Morgan fingerprint density at radius 3 is 2.70 bits per heavy atom. The fourth-order valence-corrected chi connectivity index (χ4v) is 3.04. The second-order valence-corrected chi connectivity index (χ2v) is 6.84. The number of benzene rings is 1. The maximum atomic E-state index is 12.0. The summed E-state index contributed by atoms with van der Waals surface area (Å²) in [5.41, 5.74) is 2.35. The number of thiophene rings is 1. The number of nitrogens with one attached hydrogen (secondary N) is 1. The minimum Gasteiger partial charge on any atom is -0.444 e. The summed E-state index contributed by atoms with van der Waals surface area (Å²) in [6, 6.07) is 9.31. The van der Waals surface area contributed by atoms with E-state index in [0.29, 0.717) is 11.3 Å². The maximum Gasteiger partial charge on any atom is 0.256 e. The Morgan fingerprint density at radius 1 is 1.30 bits per heavy atom. The van der Waals surface area contributed by atoms with Crippen LogP contribution in [0.1, 0.15) is 10.4 Å². The van der Waals surface area contributed by atoms with Crippen LogP contribution in [0.5, 0.6) is 0 Å². The SMILES string of the molecule is O=C(Nc1ccc(-c2cnco2)cc1)c1csc(I)c1. The highest BCUT2D eigenvalue weighted by Gasteiger charge is 2.08. The van der Waals surface area contributed by atoms with Gasteiger partial charge in [0.25, 0.3) is 5.91 Å². The van der Waals surface area contributed by atoms with E-state index in [-0.39, 0.29) is 5.91 Å². The smallest absolute Gasteiger partial charge is 0.256 e. The number of carbonyl (C=O) groups excluding carboxylic acids is 1. The maximum absolute atomic E-state index is 12.0. The highest BCUT2D eigenvalue weighted by Crippen LogP contribution is 2.22. The van der Waals surface area contributed by atoms with Crippen LogP contribution in [0, 0.1) is 2.88 Å². The zero-order valence-corrected chi connectivity index (χ0v) is 13.1. The molecule has 0 spiro atoms. The Hall–Kier alpha value is -1.67. The molecule has 0 radical (unpaired) electrons. The molecule has 0 unspecified atom stereocenters. The van der Waals surface area contributed by atoms with Crippen molar-refractivity contribution in [3.63, 3.8) is 0 Å². The van der Waals surface area contributed by atoms with Gasteiger partial charge in [-0.05, 0) is 52.9 Å². The Bertz CT molecular complexity index is 720. The number of oxazole rings is 1. The van der Waals surface area contributed by atoms with Crippen LogP contribution >= 0.6 is 33.9 Å². The lowest BCUT2D eigenvalue weighted by atomic mass is 10.1. The summed E-state index contributed by atoms with van der Waals surface area (Å²) in [5, 5.41) is 4.71. The zero-order chi connectivity index (χ0) is 13.9. The number of aromatic nitrogens is 1. The molecule has 0 bridgehead atoms. The van der Waals surface area contributed by atoms with Crippen LogP contribution in [0.4, 0.5) is 5.69 Å². The number of hydrogen-bond donors (Lipinski definition) is 1. The second-order valence-electron chi connectivity index (χ2n) is 4.04. The van der Waals surface area contributed by atoms with Gasteiger partial charge in [0.05, 0.1) is 14.6 Å². The summed E-state index contributed by atoms with van der Waals surface area (Å²) in [7, 11) is 0. The van der Waals surface area contributed by atoms with E-state index >= 15 is 0 Å². The molecule has 3 rings (SSSR count). The van der Waals surface area contributed by atoms with Gasteiger partial charge in [0.2, 0.25) is 0 Å². The molecule has 100 valence electrons. The topological polar surface area (TPSA) is 55.1 Å². The van der Waals surface area contributed by atoms with Gasteiger partial charge in [-0.15, -0.1) is 11.3 Å². The molecule has 0 aliphatic rings. The molecule has 3 aromatic rings. The van der Waals surface area contributed by atoms with Crippen LogP contribution < -0.4 is 5.32 Å². The molecule has 2 heterocycles. The normalized spacial score (nSPS) is 10.4. The molecule has 20 heavy (non-hydrogen) atoms. The summed E-state index contributed by atoms with van der Waals surface area (Å²) >= 11 is 3.75. The van der Waals surface area contributed by atoms with Crippen LogP contribution in [0.15, 0.2) is 52.7 Å². The lowest BCUT2D eigenvalue weighted by Gasteiger charge is -2.04. The molecule has 0 aliphatic carbocycles. The molecule has 0 fully saturated rings. The number of nitrogens with zero attached hydrogens (tertiary/aromatic N) is 1. The fraction of sp³-hybridized carbons (Fsp3) is 0. The number of rotatable bonds is 3. The van der Waals surface area contributed by atoms with Crippen molar-refractivity contribution >= 4 is 45.5 Å². The predicted octanol–water partition coefficient (Wildman–Crippen LogP) is 4.26. The van der Waals surface area contributed by atoms with Crippen LogP contribution in [0.3, 0.4) is 0 Å². The van der Waals surface area contributed by atoms with Gasteiger partial charge in [0.15, 0.2) is 12.2 Å². The second kappa shape index (κ2) is 5.76. The molecule has 0 atom stereocenters. The van der Waals surface area contributed by atoms with Crippen molar-refractivity contribution in [3.05, 3.63) is 56.7 Å². The van der Waals surface area contributed by atoms with Crippen molar-refractivity contribution in [1.82, 2.24) is 4.98 Å². The average Bonchev–Trinajstić information content (AvgIpc) is 3.10. The third-order valence-corrected chi connectivity index (χ3v) is 4.48. The Morgan fingerprint density at radius 2 is 2.10 bits per heavy atom. The first-order chi connectivity index (χ1) is 9.72. The summed E-state index contributed by atoms with van der Waals surface area (Å²) in [6.45, 7) is 0. The van der Waals surface area contributed by atoms with Crippen molar-refractivity contribution in [2.75, 3.05) is 5.32 Å². The number of anilines is 1. The van der Waals surface area contributed by atoms with E-state index in [1.165, 1.54) is 6.39 Å². The quantitative estimate of drug-likeness (QED) is 0.674. The third-order valence-electron chi connectivity index (χ3n) is 2.69. The third kappa shape index (κ3) is 2.91. The van der Waals surface area contributed by atoms with E-state index in [4.69, 9.17) is 4.42 Å². The molecule has 1 aromatic carbocycles. The minimum absolute atomic E-state index is 0.100. The van der Waals surface area contributed by atoms with Gasteiger partial charge in [-0.1, -0.05) is 0 Å². The van der Waals surface area contributed by atoms with Gasteiger partial charge in [0.1, 0.15) is 0 Å². The Balaban J connectivity index is 1.74. The van der Waals surface area contributed by atoms with Crippen molar-refractivity contribution in [3.8, 4) is 11.3 Å². The summed E-state index contributed by atoms with van der Waals surface area (Å²) in [6.07, 6.45) is 3.05. The summed E-state index contributed by atoms with van der Waals surface area (Å²) < 4.78 is 6.31. The van der Waals surface area contributed by atoms with E-state index in [2.05, 4.69) is 32.9 Å². The number of hydrogen-bond acceptors (Lipinski definition) is 4. The first-order valence-corrected chi connectivity index (χ1v) is 7.72. The highest BCUT2D eigenvalue weighted by atomic mass is 127. The van der Waals surface area contributed by atoms with Crippen LogP contribution in [0.25, 0.3) is 11.3 Å². The molecule has 1 N–H and O–H groups in total. The van der Waals surface area contributed by atoms with Crippen molar-refractivity contribution < 1.29 is 9.21 Å². The molecule has 1 amide bonds. The van der Waals surface area contributed by atoms with Gasteiger partial charge in [-0.3, -0.25) is 4.79 Å². The van der Waals surface area contributed by atoms with Crippen molar-refractivity contribution in [2.45, 2.75) is 0 Å². The standard InChI is InChI=1S/C14H9IN2O2S/c15-13-5-10(7-20-13)14(18)17-11-3-1-9(2-4-11)12-6-16-8-19-12/h1-8H,(H,17,18). The molecular formula is C14H9IN2O2S. The van der Waals surface area contributed by atoms with Crippen molar-refractivity contribution in [1.29, 1.82) is 0 Å². The van der Waals surface area contributed by atoms with Gasteiger partial charge in [-0.25, -0.2) is 4.98 Å². The Labute approximate surface area is 133 Å². The van der Waals surface area contributed by atoms with E-state index in [9.17, 15) is 4.79 Å². The average molecular weight is 396 g/mol. The first-order valence-electron chi connectivity index (χ1n) is 5.77. The van der Waals surface area contributed by atoms with Gasteiger partial charge < -0.3 is 9.73 Å². The van der Waals surface area contributed by atoms with Crippen LogP contribution in [0.2, 0.25) is 0 Å². The van der Waals surface area contributed by atoms with Crippen LogP contribution in [-0.2, 0) is 0 Å². The number of carbonyl (C=O) groups is 1. The van der Waals surface area contributed by atoms with E-state index < -0.39 is 0 Å². The van der Waals surface area contributed by atoms with E-state index in [0.717, 1.165) is 14.1 Å². The molecular weight excluding hydrogens is 387 g/mol. The molecule has 2 aromatic heterocycles. The Kier molecular flexibility index (Phi) is 3.83. The highest BCUT2D eigenvalue weighted by molar-refractivity contribution is 14.1. The first kappa shape index (κ1) is 13.3. The summed E-state index contributed by atoms with van der Waals surface area (Å²) in [5.74, 6) is 0.604. The summed E-state index contributed by atoms with van der Waals surface area (Å²) in [4.78, 5) is 15.9. The van der Waals surface area contributed by atoms with E-state index in [1.54, 1.807) is 17.5 Å². The molecule has 0 saturated heterocycles. The molecule has 6 heteroatoms. The van der Waals surface area contributed by atoms with Gasteiger partial charge >= 0.3 is 0 Å². The monoisotopic (exact) mass is 396 g/mol. The zero-order valence-electron chi connectivity index (χ0n) is 10.2. The van der Waals surface area contributed by atoms with E-state index in [1.807, 2.05) is 35.7 Å².